The second-order valence-electron chi connectivity index (χ2n) is 6.72. The minimum atomic E-state index is -0.332. The first-order chi connectivity index (χ1) is 14.0. The van der Waals surface area contributed by atoms with Gasteiger partial charge in [-0.3, -0.25) is 4.79 Å². The van der Waals surface area contributed by atoms with Crippen molar-refractivity contribution in [2.24, 2.45) is 0 Å². The molecule has 0 atom stereocenters. The molecule has 1 heterocycles. The highest BCUT2D eigenvalue weighted by Crippen LogP contribution is 2.29. The molecular formula is C22H24N4O3. The third-order valence-corrected chi connectivity index (χ3v) is 4.40. The van der Waals surface area contributed by atoms with E-state index in [9.17, 15) is 4.79 Å². The monoisotopic (exact) mass is 392 g/mol. The van der Waals surface area contributed by atoms with Crippen molar-refractivity contribution in [3.05, 3.63) is 66.0 Å². The first-order valence-corrected chi connectivity index (χ1v) is 9.22. The van der Waals surface area contributed by atoms with Crippen molar-refractivity contribution in [1.82, 2.24) is 9.97 Å². The van der Waals surface area contributed by atoms with Crippen LogP contribution in [0.15, 0.2) is 54.9 Å². The molecule has 1 amide bonds. The summed E-state index contributed by atoms with van der Waals surface area (Å²) in [5.41, 5.74) is 3.02. The van der Waals surface area contributed by atoms with Gasteiger partial charge in [-0.2, -0.15) is 0 Å². The number of amides is 1. The topological polar surface area (TPSA) is 85.4 Å². The summed E-state index contributed by atoms with van der Waals surface area (Å²) in [4.78, 5) is 21.0. The molecule has 1 aromatic heterocycles. The molecule has 0 aliphatic rings. The lowest BCUT2D eigenvalue weighted by Crippen LogP contribution is -2.13. The molecule has 0 bridgehead atoms. The number of benzene rings is 2. The molecule has 3 rings (SSSR count). The summed E-state index contributed by atoms with van der Waals surface area (Å²) in [5.74, 6) is 1.70. The molecule has 0 aliphatic heterocycles. The molecule has 150 valence electrons. The van der Waals surface area contributed by atoms with Crippen LogP contribution in [0.5, 0.6) is 11.5 Å². The molecule has 0 radical (unpaired) electrons. The Balaban J connectivity index is 1.67. The Bertz CT molecular complexity index is 970. The number of ether oxygens (including phenoxy) is 2. The lowest BCUT2D eigenvalue weighted by atomic mass is 10.0. The van der Waals surface area contributed by atoms with Gasteiger partial charge in [0, 0.05) is 24.1 Å². The van der Waals surface area contributed by atoms with Gasteiger partial charge in [0.05, 0.1) is 25.5 Å². The van der Waals surface area contributed by atoms with E-state index >= 15 is 0 Å². The number of methoxy groups -OCH3 is 2. The Hall–Kier alpha value is -3.61. The van der Waals surface area contributed by atoms with E-state index in [1.807, 2.05) is 12.1 Å². The van der Waals surface area contributed by atoms with Crippen LogP contribution in [0.4, 0.5) is 17.3 Å². The van der Waals surface area contributed by atoms with Crippen LogP contribution in [-0.2, 0) is 0 Å². The lowest BCUT2D eigenvalue weighted by molar-refractivity contribution is 0.102. The van der Waals surface area contributed by atoms with Gasteiger partial charge >= 0.3 is 0 Å². The maximum Gasteiger partial charge on any atom is 0.258 e. The highest BCUT2D eigenvalue weighted by atomic mass is 16.5. The Morgan fingerprint density at radius 1 is 0.966 bits per heavy atom. The Labute approximate surface area is 170 Å². The largest absolute Gasteiger partial charge is 0.497 e. The fraction of sp³-hybridized carbons (Fsp3) is 0.227. The van der Waals surface area contributed by atoms with Crippen LogP contribution in [0.2, 0.25) is 0 Å². The SMILES string of the molecule is COc1ccc(NC(=O)c2cnc(Nc3ccc(C(C)C)cc3)nc2)c(OC)c1. The summed E-state index contributed by atoms with van der Waals surface area (Å²) < 4.78 is 10.5. The van der Waals surface area contributed by atoms with Crippen molar-refractivity contribution >= 4 is 23.2 Å². The minimum Gasteiger partial charge on any atom is -0.497 e. The first-order valence-electron chi connectivity index (χ1n) is 9.22. The predicted molar refractivity (Wildman–Crippen MR) is 113 cm³/mol. The van der Waals surface area contributed by atoms with Gasteiger partial charge in [-0.1, -0.05) is 26.0 Å². The van der Waals surface area contributed by atoms with Crippen molar-refractivity contribution < 1.29 is 14.3 Å². The third kappa shape index (κ3) is 5.01. The number of carbonyl (C=O) groups excluding carboxylic acids is 1. The average Bonchev–Trinajstić information content (AvgIpc) is 2.74. The summed E-state index contributed by atoms with van der Waals surface area (Å²) in [5, 5.41) is 5.92. The summed E-state index contributed by atoms with van der Waals surface area (Å²) in [6, 6.07) is 13.3. The molecule has 7 heteroatoms. The molecular weight excluding hydrogens is 368 g/mol. The van der Waals surface area contributed by atoms with Gasteiger partial charge < -0.3 is 20.1 Å². The first kappa shape index (κ1) is 20.1. The molecule has 0 aliphatic carbocycles. The van der Waals surface area contributed by atoms with E-state index in [4.69, 9.17) is 9.47 Å². The number of hydrogen-bond donors (Lipinski definition) is 2. The highest BCUT2D eigenvalue weighted by Gasteiger charge is 2.12. The second-order valence-corrected chi connectivity index (χ2v) is 6.72. The molecule has 2 aromatic carbocycles. The molecule has 3 aromatic rings. The number of nitrogens with zero attached hydrogens (tertiary/aromatic N) is 2. The summed E-state index contributed by atoms with van der Waals surface area (Å²) in [6.45, 7) is 4.30. The molecule has 0 fully saturated rings. The standard InChI is InChI=1S/C22H24N4O3/c1-14(2)15-5-7-17(8-6-15)25-22-23-12-16(13-24-22)21(27)26-19-10-9-18(28-3)11-20(19)29-4/h5-14H,1-4H3,(H,26,27)(H,23,24,25). The maximum absolute atomic E-state index is 12.5. The molecule has 0 spiro atoms. The number of rotatable bonds is 7. The van der Waals surface area contributed by atoms with Crippen LogP contribution in [0, 0.1) is 0 Å². The zero-order valence-electron chi connectivity index (χ0n) is 16.9. The zero-order chi connectivity index (χ0) is 20.8. The van der Waals surface area contributed by atoms with Gasteiger partial charge in [-0.15, -0.1) is 0 Å². The smallest absolute Gasteiger partial charge is 0.258 e. The molecule has 29 heavy (non-hydrogen) atoms. The number of carbonyl (C=O) groups is 1. The molecule has 2 N–H and O–H groups in total. The quantitative estimate of drug-likeness (QED) is 0.611. The Morgan fingerprint density at radius 2 is 1.66 bits per heavy atom. The lowest BCUT2D eigenvalue weighted by Gasteiger charge is -2.12. The van der Waals surface area contributed by atoms with E-state index < -0.39 is 0 Å². The van der Waals surface area contributed by atoms with Crippen LogP contribution < -0.4 is 20.1 Å². The van der Waals surface area contributed by atoms with Crippen molar-refractivity contribution in [3.63, 3.8) is 0 Å². The minimum absolute atomic E-state index is 0.332. The fourth-order valence-corrected chi connectivity index (χ4v) is 2.69. The van der Waals surface area contributed by atoms with Gasteiger partial charge in [0.25, 0.3) is 5.91 Å². The molecule has 0 saturated heterocycles. The van der Waals surface area contributed by atoms with Crippen molar-refractivity contribution in [2.45, 2.75) is 19.8 Å². The summed E-state index contributed by atoms with van der Waals surface area (Å²) in [6.07, 6.45) is 2.95. The second kappa shape index (κ2) is 9.05. The van der Waals surface area contributed by atoms with E-state index in [2.05, 4.69) is 46.6 Å². The van der Waals surface area contributed by atoms with Gasteiger partial charge in [-0.05, 0) is 35.7 Å². The zero-order valence-corrected chi connectivity index (χ0v) is 16.9. The van der Waals surface area contributed by atoms with Gasteiger partial charge in [0.2, 0.25) is 5.95 Å². The normalized spacial score (nSPS) is 10.5. The third-order valence-electron chi connectivity index (χ3n) is 4.40. The van der Waals surface area contributed by atoms with Crippen molar-refractivity contribution in [3.8, 4) is 11.5 Å². The van der Waals surface area contributed by atoms with E-state index in [1.54, 1.807) is 25.3 Å². The van der Waals surface area contributed by atoms with Gasteiger partial charge in [0.1, 0.15) is 11.5 Å². The fourth-order valence-electron chi connectivity index (χ4n) is 2.69. The van der Waals surface area contributed by atoms with Crippen molar-refractivity contribution in [1.29, 1.82) is 0 Å². The molecule has 7 nitrogen and oxygen atoms in total. The van der Waals surface area contributed by atoms with Crippen LogP contribution >= 0.6 is 0 Å². The highest BCUT2D eigenvalue weighted by molar-refractivity contribution is 6.04. The predicted octanol–water partition coefficient (Wildman–Crippen LogP) is 4.61. The van der Waals surface area contributed by atoms with Crippen LogP contribution in [0.1, 0.15) is 35.7 Å². The number of anilines is 3. The van der Waals surface area contributed by atoms with Gasteiger partial charge in [-0.25, -0.2) is 9.97 Å². The van der Waals surface area contributed by atoms with Gasteiger partial charge in [0.15, 0.2) is 0 Å². The van der Waals surface area contributed by atoms with Crippen LogP contribution in [0.3, 0.4) is 0 Å². The molecule has 0 saturated carbocycles. The average molecular weight is 392 g/mol. The number of aromatic nitrogens is 2. The van der Waals surface area contributed by atoms with E-state index in [-0.39, 0.29) is 5.91 Å². The Kier molecular flexibility index (Phi) is 6.29. The van der Waals surface area contributed by atoms with Crippen molar-refractivity contribution in [2.75, 3.05) is 24.9 Å². The maximum atomic E-state index is 12.5. The number of nitrogens with one attached hydrogen (secondary N) is 2. The van der Waals surface area contributed by atoms with E-state index in [0.29, 0.717) is 34.6 Å². The van der Waals surface area contributed by atoms with Crippen LogP contribution in [-0.4, -0.2) is 30.1 Å². The van der Waals surface area contributed by atoms with Crippen LogP contribution in [0.25, 0.3) is 0 Å². The van der Waals surface area contributed by atoms with E-state index in [1.165, 1.54) is 25.1 Å². The van der Waals surface area contributed by atoms with E-state index in [0.717, 1.165) is 5.69 Å². The Morgan fingerprint density at radius 3 is 2.24 bits per heavy atom. The molecule has 0 unspecified atom stereocenters. The number of hydrogen-bond acceptors (Lipinski definition) is 6. The summed E-state index contributed by atoms with van der Waals surface area (Å²) in [7, 11) is 3.10. The summed E-state index contributed by atoms with van der Waals surface area (Å²) >= 11 is 0.